The summed E-state index contributed by atoms with van der Waals surface area (Å²) in [4.78, 5) is 28.4. The van der Waals surface area contributed by atoms with Crippen LogP contribution in [-0.4, -0.2) is 30.4 Å². The molecule has 1 unspecified atom stereocenters. The molecule has 0 fully saturated rings. The Morgan fingerprint density at radius 3 is 2.62 bits per heavy atom. The van der Waals surface area contributed by atoms with Gasteiger partial charge < -0.3 is 10.6 Å². The van der Waals surface area contributed by atoms with Crippen LogP contribution in [0.2, 0.25) is 0 Å². The molecule has 134 valence electrons. The van der Waals surface area contributed by atoms with Gasteiger partial charge in [0.25, 0.3) is 0 Å². The molecule has 0 aliphatic carbocycles. The van der Waals surface area contributed by atoms with Crippen molar-refractivity contribution in [1.82, 2.24) is 10.6 Å². The minimum atomic E-state index is -0.789. The normalized spacial score (nSPS) is 16.4. The summed E-state index contributed by atoms with van der Waals surface area (Å²) in [6.45, 7) is 0.469. The highest BCUT2D eigenvalue weighted by Gasteiger charge is 2.26. The molecule has 7 heteroatoms. The fourth-order valence-electron chi connectivity index (χ4n) is 2.57. The summed E-state index contributed by atoms with van der Waals surface area (Å²) in [5.74, 6) is -0.779. The number of carbonyl (C=O) groups excluding carboxylic acids is 2. The van der Waals surface area contributed by atoms with Crippen LogP contribution in [0.1, 0.15) is 12.0 Å². The van der Waals surface area contributed by atoms with E-state index in [0.717, 1.165) is 5.56 Å². The van der Waals surface area contributed by atoms with E-state index < -0.39 is 6.04 Å². The number of carbonyl (C=O) groups is 2. The molecule has 0 saturated heterocycles. The summed E-state index contributed by atoms with van der Waals surface area (Å²) in [5, 5.41) is 8.26. The SMILES string of the molecule is O=C1CC(C(=O)NCCc2ccccc2)N=C(Nc2ccc(F)cc2)N1. The highest BCUT2D eigenvalue weighted by Crippen LogP contribution is 2.11. The average molecular weight is 354 g/mol. The highest BCUT2D eigenvalue weighted by molar-refractivity contribution is 6.08. The number of nitrogens with one attached hydrogen (secondary N) is 3. The fourth-order valence-corrected chi connectivity index (χ4v) is 2.57. The van der Waals surface area contributed by atoms with Crippen LogP contribution in [0.3, 0.4) is 0 Å². The Bertz CT molecular complexity index is 806. The van der Waals surface area contributed by atoms with Crippen LogP contribution in [0, 0.1) is 5.82 Å². The second-order valence-electron chi connectivity index (χ2n) is 5.90. The molecule has 2 amide bonds. The van der Waals surface area contributed by atoms with Gasteiger partial charge in [-0.2, -0.15) is 0 Å². The number of hydrogen-bond acceptors (Lipinski definition) is 4. The predicted octanol–water partition coefficient (Wildman–Crippen LogP) is 1.84. The Balaban J connectivity index is 1.57. The van der Waals surface area contributed by atoms with Crippen molar-refractivity contribution >= 4 is 23.5 Å². The van der Waals surface area contributed by atoms with E-state index in [1.165, 1.54) is 24.3 Å². The second kappa shape index (κ2) is 8.24. The number of rotatable bonds is 5. The van der Waals surface area contributed by atoms with Gasteiger partial charge in [0, 0.05) is 12.2 Å². The Morgan fingerprint density at radius 2 is 1.88 bits per heavy atom. The Kier molecular flexibility index (Phi) is 5.58. The lowest BCUT2D eigenvalue weighted by Crippen LogP contribution is -2.47. The van der Waals surface area contributed by atoms with Crippen molar-refractivity contribution in [3.8, 4) is 0 Å². The molecule has 0 radical (unpaired) electrons. The standard InChI is InChI=1S/C19H19FN4O2/c20-14-6-8-15(9-7-14)22-19-23-16(12-17(25)24-19)18(26)21-11-10-13-4-2-1-3-5-13/h1-9,16H,10-12H2,(H,21,26)(H2,22,23,24,25). The van der Waals surface area contributed by atoms with Gasteiger partial charge in [0.05, 0.1) is 6.42 Å². The molecule has 26 heavy (non-hydrogen) atoms. The number of guanidine groups is 1. The van der Waals surface area contributed by atoms with E-state index >= 15 is 0 Å². The lowest BCUT2D eigenvalue weighted by Gasteiger charge is -2.21. The summed E-state index contributed by atoms with van der Waals surface area (Å²) in [5.41, 5.74) is 1.69. The molecule has 0 spiro atoms. The van der Waals surface area contributed by atoms with Crippen LogP contribution in [0.4, 0.5) is 10.1 Å². The van der Waals surface area contributed by atoms with E-state index in [1.54, 1.807) is 0 Å². The first-order valence-electron chi connectivity index (χ1n) is 8.32. The van der Waals surface area contributed by atoms with E-state index in [0.29, 0.717) is 18.7 Å². The molecule has 0 bridgehead atoms. The molecule has 3 N–H and O–H groups in total. The van der Waals surface area contributed by atoms with Gasteiger partial charge in [-0.3, -0.25) is 14.9 Å². The minimum Gasteiger partial charge on any atom is -0.354 e. The lowest BCUT2D eigenvalue weighted by atomic mass is 10.1. The number of anilines is 1. The summed E-state index contributed by atoms with van der Waals surface area (Å²) in [7, 11) is 0. The number of halogens is 1. The first kappa shape index (κ1) is 17.6. The van der Waals surface area contributed by atoms with Gasteiger partial charge in [-0.1, -0.05) is 30.3 Å². The van der Waals surface area contributed by atoms with E-state index in [1.807, 2.05) is 30.3 Å². The topological polar surface area (TPSA) is 82.6 Å². The Hall–Kier alpha value is -3.22. The average Bonchev–Trinajstić information content (AvgIpc) is 2.64. The Labute approximate surface area is 150 Å². The molecule has 2 aromatic carbocycles. The zero-order chi connectivity index (χ0) is 18.4. The van der Waals surface area contributed by atoms with E-state index in [2.05, 4.69) is 20.9 Å². The predicted molar refractivity (Wildman–Crippen MR) is 97.2 cm³/mol. The molecule has 3 rings (SSSR count). The molecule has 1 aliphatic heterocycles. The van der Waals surface area contributed by atoms with Gasteiger partial charge in [0.15, 0.2) is 0 Å². The molecule has 0 aromatic heterocycles. The van der Waals surface area contributed by atoms with Crippen molar-refractivity contribution in [3.05, 3.63) is 66.0 Å². The zero-order valence-electron chi connectivity index (χ0n) is 14.0. The second-order valence-corrected chi connectivity index (χ2v) is 5.90. The molecule has 0 saturated carbocycles. The molecule has 6 nitrogen and oxygen atoms in total. The van der Waals surface area contributed by atoms with Crippen LogP contribution in [-0.2, 0) is 16.0 Å². The van der Waals surface area contributed by atoms with Gasteiger partial charge in [0.2, 0.25) is 17.8 Å². The van der Waals surface area contributed by atoms with Crippen LogP contribution in [0.15, 0.2) is 59.6 Å². The van der Waals surface area contributed by atoms with Crippen LogP contribution >= 0.6 is 0 Å². The minimum absolute atomic E-state index is 0.00817. The van der Waals surface area contributed by atoms with Gasteiger partial charge in [-0.15, -0.1) is 0 Å². The quantitative estimate of drug-likeness (QED) is 0.766. The van der Waals surface area contributed by atoms with Gasteiger partial charge in [-0.25, -0.2) is 9.38 Å². The molecule has 1 aliphatic rings. The lowest BCUT2D eigenvalue weighted by molar-refractivity contribution is -0.127. The summed E-state index contributed by atoms with van der Waals surface area (Å²) in [6.07, 6.45) is 0.696. The van der Waals surface area contributed by atoms with Crippen molar-refractivity contribution < 1.29 is 14.0 Å². The fraction of sp³-hybridized carbons (Fsp3) is 0.211. The molecule has 1 atom stereocenters. The third kappa shape index (κ3) is 4.89. The van der Waals surface area contributed by atoms with Crippen LogP contribution in [0.25, 0.3) is 0 Å². The van der Waals surface area contributed by atoms with E-state index in [-0.39, 0.29) is 30.0 Å². The summed E-state index contributed by atoms with van der Waals surface area (Å²) < 4.78 is 13.0. The van der Waals surface area contributed by atoms with E-state index in [4.69, 9.17) is 0 Å². The first-order valence-corrected chi connectivity index (χ1v) is 8.32. The molecule has 2 aromatic rings. The molecular weight excluding hydrogens is 335 g/mol. The first-order chi connectivity index (χ1) is 12.6. The third-order valence-electron chi connectivity index (χ3n) is 3.89. The largest absolute Gasteiger partial charge is 0.354 e. The number of aliphatic imine (C=N–C) groups is 1. The molecular formula is C19H19FN4O2. The maximum Gasteiger partial charge on any atom is 0.245 e. The number of hydrogen-bond donors (Lipinski definition) is 3. The van der Waals surface area contributed by atoms with Crippen molar-refractivity contribution in [2.45, 2.75) is 18.9 Å². The smallest absolute Gasteiger partial charge is 0.245 e. The van der Waals surface area contributed by atoms with E-state index in [9.17, 15) is 14.0 Å². The van der Waals surface area contributed by atoms with Gasteiger partial charge in [0.1, 0.15) is 11.9 Å². The number of benzene rings is 2. The molecule has 1 heterocycles. The van der Waals surface area contributed by atoms with Crippen LogP contribution in [0.5, 0.6) is 0 Å². The monoisotopic (exact) mass is 354 g/mol. The van der Waals surface area contributed by atoms with Crippen molar-refractivity contribution in [2.24, 2.45) is 4.99 Å². The number of amides is 2. The third-order valence-corrected chi connectivity index (χ3v) is 3.89. The number of nitrogens with zero attached hydrogens (tertiary/aromatic N) is 1. The van der Waals surface area contributed by atoms with Crippen molar-refractivity contribution in [3.63, 3.8) is 0 Å². The van der Waals surface area contributed by atoms with Crippen molar-refractivity contribution in [2.75, 3.05) is 11.9 Å². The summed E-state index contributed by atoms with van der Waals surface area (Å²) in [6, 6.07) is 14.6. The van der Waals surface area contributed by atoms with Gasteiger partial charge >= 0.3 is 0 Å². The maximum absolute atomic E-state index is 13.0. The maximum atomic E-state index is 13.0. The highest BCUT2D eigenvalue weighted by atomic mass is 19.1. The van der Waals surface area contributed by atoms with Crippen LogP contribution < -0.4 is 16.0 Å². The summed E-state index contributed by atoms with van der Waals surface area (Å²) >= 11 is 0. The van der Waals surface area contributed by atoms with Crippen molar-refractivity contribution in [1.29, 1.82) is 0 Å². The van der Waals surface area contributed by atoms with Gasteiger partial charge in [-0.05, 0) is 36.2 Å². The Morgan fingerprint density at radius 1 is 1.15 bits per heavy atom. The zero-order valence-corrected chi connectivity index (χ0v) is 14.0.